The van der Waals surface area contributed by atoms with Crippen LogP contribution in [-0.2, 0) is 6.42 Å². The number of nitrogens with one attached hydrogen (secondary N) is 1. The molecule has 2 heterocycles. The Morgan fingerprint density at radius 3 is 3.05 bits per heavy atom. The fraction of sp³-hybridized carbons (Fsp3) is 0.467. The number of hydrogen-bond acceptors (Lipinski definition) is 4. The van der Waals surface area contributed by atoms with Crippen LogP contribution < -0.4 is 5.32 Å². The van der Waals surface area contributed by atoms with E-state index in [1.807, 2.05) is 6.07 Å². The van der Waals surface area contributed by atoms with Gasteiger partial charge in [0.2, 0.25) is 0 Å². The lowest BCUT2D eigenvalue weighted by molar-refractivity contribution is 0.360. The molecule has 0 saturated carbocycles. The van der Waals surface area contributed by atoms with Gasteiger partial charge in [-0.3, -0.25) is 0 Å². The maximum atomic E-state index is 5.40. The molecule has 3 rings (SSSR count). The zero-order valence-electron chi connectivity index (χ0n) is 11.5. The Kier molecular flexibility index (Phi) is 4.17. The van der Waals surface area contributed by atoms with E-state index < -0.39 is 0 Å². The highest BCUT2D eigenvalue weighted by Crippen LogP contribution is 2.24. The van der Waals surface area contributed by atoms with Gasteiger partial charge in [-0.25, -0.2) is 0 Å². The van der Waals surface area contributed by atoms with Crippen molar-refractivity contribution in [2.45, 2.75) is 26.2 Å². The predicted molar refractivity (Wildman–Crippen MR) is 81.5 cm³/mol. The van der Waals surface area contributed by atoms with E-state index in [0.29, 0.717) is 11.8 Å². The maximum absolute atomic E-state index is 5.40. The average Bonchev–Trinajstić information content (AvgIpc) is 2.87. The van der Waals surface area contributed by atoms with Gasteiger partial charge < -0.3 is 9.84 Å². The number of halogens is 1. The van der Waals surface area contributed by atoms with Gasteiger partial charge in [0.25, 0.3) is 5.89 Å². The molecule has 1 aliphatic heterocycles. The summed E-state index contributed by atoms with van der Waals surface area (Å²) < 4.78 is 6.43. The number of benzene rings is 1. The number of nitrogens with zero attached hydrogens (tertiary/aromatic N) is 2. The number of rotatable bonds is 3. The monoisotopic (exact) mass is 335 g/mol. The zero-order valence-corrected chi connectivity index (χ0v) is 13.1. The molecule has 0 radical (unpaired) electrons. The van der Waals surface area contributed by atoms with Crippen LogP contribution in [0, 0.1) is 12.8 Å². The predicted octanol–water partition coefficient (Wildman–Crippen LogP) is 3.35. The van der Waals surface area contributed by atoms with Gasteiger partial charge in [0.05, 0.1) is 0 Å². The molecule has 1 fully saturated rings. The van der Waals surface area contributed by atoms with Crippen molar-refractivity contribution in [2.24, 2.45) is 5.92 Å². The third kappa shape index (κ3) is 3.27. The number of aryl methyl sites for hydroxylation is 1. The molecule has 1 aromatic heterocycles. The molecule has 106 valence electrons. The minimum absolute atomic E-state index is 0.605. The van der Waals surface area contributed by atoms with Gasteiger partial charge in [-0.2, -0.15) is 4.98 Å². The van der Waals surface area contributed by atoms with E-state index >= 15 is 0 Å². The fourth-order valence-electron chi connectivity index (χ4n) is 2.67. The molecule has 5 heteroatoms. The van der Waals surface area contributed by atoms with E-state index in [9.17, 15) is 0 Å². The Labute approximate surface area is 127 Å². The van der Waals surface area contributed by atoms with Crippen LogP contribution in [0.15, 0.2) is 27.2 Å². The van der Waals surface area contributed by atoms with Crippen LogP contribution >= 0.6 is 15.9 Å². The quantitative estimate of drug-likeness (QED) is 0.934. The van der Waals surface area contributed by atoms with Gasteiger partial charge in [-0.05, 0) is 62.5 Å². The van der Waals surface area contributed by atoms with Gasteiger partial charge in [0.1, 0.15) is 0 Å². The van der Waals surface area contributed by atoms with Crippen LogP contribution in [0.4, 0.5) is 0 Å². The largest absolute Gasteiger partial charge is 0.334 e. The van der Waals surface area contributed by atoms with Crippen molar-refractivity contribution in [3.05, 3.63) is 34.1 Å². The van der Waals surface area contributed by atoms with Gasteiger partial charge in [-0.1, -0.05) is 21.1 Å². The second-order valence-electron chi connectivity index (χ2n) is 5.45. The van der Waals surface area contributed by atoms with Crippen molar-refractivity contribution in [3.63, 3.8) is 0 Å². The van der Waals surface area contributed by atoms with Gasteiger partial charge in [0, 0.05) is 16.5 Å². The second-order valence-corrected chi connectivity index (χ2v) is 6.37. The maximum Gasteiger partial charge on any atom is 0.257 e. The van der Waals surface area contributed by atoms with Crippen LogP contribution in [0.25, 0.3) is 11.5 Å². The molecule has 0 aliphatic carbocycles. The Hall–Kier alpha value is -1.20. The molecule has 1 N–H and O–H groups in total. The molecule has 1 atom stereocenters. The molecule has 2 aromatic rings. The third-order valence-electron chi connectivity index (χ3n) is 3.63. The van der Waals surface area contributed by atoms with E-state index in [1.165, 1.54) is 18.4 Å². The SMILES string of the molecule is Cc1cc(Br)cc(-c2nc(CC3CCCNC3)no2)c1. The standard InChI is InChI=1S/C15H18BrN3O/c1-10-5-12(8-13(16)6-10)15-18-14(19-20-15)7-11-3-2-4-17-9-11/h5-6,8,11,17H,2-4,7,9H2,1H3. The van der Waals surface area contributed by atoms with E-state index in [1.54, 1.807) is 0 Å². The Balaban J connectivity index is 1.75. The Bertz CT molecular complexity index is 570. The minimum atomic E-state index is 0.605. The molecule has 1 aliphatic rings. The van der Waals surface area contributed by atoms with Crippen LogP contribution in [0.2, 0.25) is 0 Å². The van der Waals surface area contributed by atoms with Crippen molar-refractivity contribution in [3.8, 4) is 11.5 Å². The highest BCUT2D eigenvalue weighted by molar-refractivity contribution is 9.10. The van der Waals surface area contributed by atoms with Crippen molar-refractivity contribution >= 4 is 15.9 Å². The van der Waals surface area contributed by atoms with Gasteiger partial charge in [-0.15, -0.1) is 0 Å². The Morgan fingerprint density at radius 2 is 2.30 bits per heavy atom. The molecule has 0 spiro atoms. The summed E-state index contributed by atoms with van der Waals surface area (Å²) in [5, 5.41) is 7.53. The summed E-state index contributed by atoms with van der Waals surface area (Å²) in [5.74, 6) is 2.04. The summed E-state index contributed by atoms with van der Waals surface area (Å²) in [7, 11) is 0. The Morgan fingerprint density at radius 1 is 1.40 bits per heavy atom. The molecule has 0 amide bonds. The van der Waals surface area contributed by atoms with Crippen molar-refractivity contribution in [1.29, 1.82) is 0 Å². The first-order valence-electron chi connectivity index (χ1n) is 7.01. The van der Waals surface area contributed by atoms with E-state index in [2.05, 4.69) is 50.4 Å². The van der Waals surface area contributed by atoms with Crippen LogP contribution in [0.1, 0.15) is 24.2 Å². The average molecular weight is 336 g/mol. The molecule has 1 saturated heterocycles. The second kappa shape index (κ2) is 6.06. The first-order chi connectivity index (χ1) is 9.70. The van der Waals surface area contributed by atoms with Crippen LogP contribution in [0.3, 0.4) is 0 Å². The summed E-state index contributed by atoms with van der Waals surface area (Å²) in [6.07, 6.45) is 3.37. The van der Waals surface area contributed by atoms with Crippen molar-refractivity contribution in [1.82, 2.24) is 15.5 Å². The summed E-state index contributed by atoms with van der Waals surface area (Å²) in [6.45, 7) is 4.24. The van der Waals surface area contributed by atoms with Crippen LogP contribution in [0.5, 0.6) is 0 Å². The van der Waals surface area contributed by atoms with E-state index in [-0.39, 0.29) is 0 Å². The molecule has 0 bridgehead atoms. The first-order valence-corrected chi connectivity index (χ1v) is 7.81. The lowest BCUT2D eigenvalue weighted by Gasteiger charge is -2.20. The van der Waals surface area contributed by atoms with Crippen molar-refractivity contribution < 1.29 is 4.52 Å². The molecule has 1 unspecified atom stereocenters. The summed E-state index contributed by atoms with van der Waals surface area (Å²) in [4.78, 5) is 4.53. The normalized spacial score (nSPS) is 19.2. The summed E-state index contributed by atoms with van der Waals surface area (Å²) in [6, 6.07) is 6.13. The van der Waals surface area contributed by atoms with Gasteiger partial charge >= 0.3 is 0 Å². The highest BCUT2D eigenvalue weighted by Gasteiger charge is 2.17. The number of aromatic nitrogens is 2. The third-order valence-corrected chi connectivity index (χ3v) is 4.09. The van der Waals surface area contributed by atoms with Crippen LogP contribution in [-0.4, -0.2) is 23.2 Å². The van der Waals surface area contributed by atoms with E-state index in [0.717, 1.165) is 35.4 Å². The highest BCUT2D eigenvalue weighted by atomic mass is 79.9. The number of piperidine rings is 1. The topological polar surface area (TPSA) is 51.0 Å². The zero-order chi connectivity index (χ0) is 13.9. The molecule has 1 aromatic carbocycles. The smallest absolute Gasteiger partial charge is 0.257 e. The molecule has 4 nitrogen and oxygen atoms in total. The molecular weight excluding hydrogens is 318 g/mol. The van der Waals surface area contributed by atoms with E-state index in [4.69, 9.17) is 4.52 Å². The summed E-state index contributed by atoms with van der Waals surface area (Å²) >= 11 is 3.50. The minimum Gasteiger partial charge on any atom is -0.334 e. The lowest BCUT2D eigenvalue weighted by Crippen LogP contribution is -2.31. The first kappa shape index (κ1) is 13.8. The van der Waals surface area contributed by atoms with Crippen molar-refractivity contribution in [2.75, 3.05) is 13.1 Å². The fourth-order valence-corrected chi connectivity index (χ4v) is 3.28. The molecule has 20 heavy (non-hydrogen) atoms. The lowest BCUT2D eigenvalue weighted by atomic mass is 9.96. The number of hydrogen-bond donors (Lipinski definition) is 1. The summed E-state index contributed by atoms with van der Waals surface area (Å²) in [5.41, 5.74) is 2.14. The molecular formula is C15H18BrN3O. The van der Waals surface area contributed by atoms with Gasteiger partial charge in [0.15, 0.2) is 5.82 Å².